The zero-order valence-electron chi connectivity index (χ0n) is 13.0. The molecule has 0 aliphatic heterocycles. The third-order valence-corrected chi connectivity index (χ3v) is 3.84. The molecule has 0 aromatic heterocycles. The lowest BCUT2D eigenvalue weighted by atomic mass is 9.80. The lowest BCUT2D eigenvalue weighted by Gasteiger charge is -2.34. The zero-order chi connectivity index (χ0) is 16.6. The molecule has 0 fully saturated rings. The van der Waals surface area contributed by atoms with Gasteiger partial charge in [0.2, 0.25) is 0 Å². The van der Waals surface area contributed by atoms with E-state index in [0.29, 0.717) is 6.42 Å². The Morgan fingerprint density at radius 3 is 2.55 bits per heavy atom. The van der Waals surface area contributed by atoms with Crippen molar-refractivity contribution in [2.75, 3.05) is 0 Å². The van der Waals surface area contributed by atoms with Gasteiger partial charge in [0.25, 0.3) is 0 Å². The summed E-state index contributed by atoms with van der Waals surface area (Å²) < 4.78 is 5.13. The van der Waals surface area contributed by atoms with Gasteiger partial charge in [0.05, 0.1) is 0 Å². The van der Waals surface area contributed by atoms with Crippen LogP contribution in [-0.4, -0.2) is 22.7 Å². The van der Waals surface area contributed by atoms with Crippen molar-refractivity contribution < 1.29 is 19.4 Å². The Hall–Kier alpha value is -2.30. The lowest BCUT2D eigenvalue weighted by Crippen LogP contribution is -2.58. The van der Waals surface area contributed by atoms with E-state index in [0.717, 1.165) is 5.56 Å². The third kappa shape index (κ3) is 4.35. The predicted molar refractivity (Wildman–Crippen MR) is 84.4 cm³/mol. The molecule has 2 atom stereocenters. The maximum absolute atomic E-state index is 12.0. The minimum Gasteiger partial charge on any atom is -0.479 e. The number of carbonyl (C=O) groups excluding carboxylic acids is 1. The molecule has 0 radical (unpaired) electrons. The number of aliphatic carboxylic acids is 1. The predicted octanol–water partition coefficient (Wildman–Crippen LogP) is 3.36. The molecule has 0 aliphatic carbocycles. The highest BCUT2D eigenvalue weighted by molar-refractivity contribution is 5.85. The summed E-state index contributed by atoms with van der Waals surface area (Å²) in [5.41, 5.74) is -0.560. The summed E-state index contributed by atoms with van der Waals surface area (Å²) in [7, 11) is 0. The minimum atomic E-state index is -1.40. The molecule has 0 saturated heterocycles. The van der Waals surface area contributed by atoms with Gasteiger partial charge in [-0.3, -0.25) is 0 Å². The maximum atomic E-state index is 12.0. The second-order valence-corrected chi connectivity index (χ2v) is 5.27. The number of ether oxygens (including phenoxy) is 1. The monoisotopic (exact) mass is 305 g/mol. The lowest BCUT2D eigenvalue weighted by molar-refractivity contribution is -0.147. The molecule has 0 heterocycles. The Bertz CT molecular complexity index is 515. The van der Waals surface area contributed by atoms with Crippen LogP contribution in [0.3, 0.4) is 0 Å². The van der Waals surface area contributed by atoms with Crippen molar-refractivity contribution in [3.05, 3.63) is 48.6 Å². The van der Waals surface area contributed by atoms with Gasteiger partial charge < -0.3 is 15.2 Å². The maximum Gasteiger partial charge on any atom is 0.408 e. The SMILES string of the molecule is C=CC[C@@](NC(=O)OCc1ccccc1)(C(=O)O)[C@@H](C)CC. The van der Waals surface area contributed by atoms with Crippen molar-refractivity contribution in [1.29, 1.82) is 0 Å². The molecule has 5 heteroatoms. The molecule has 0 spiro atoms. The Morgan fingerprint density at radius 2 is 2.05 bits per heavy atom. The van der Waals surface area contributed by atoms with Gasteiger partial charge in [-0.2, -0.15) is 0 Å². The molecule has 1 aromatic rings. The molecule has 0 aliphatic rings. The van der Waals surface area contributed by atoms with Crippen LogP contribution in [0.5, 0.6) is 0 Å². The summed E-state index contributed by atoms with van der Waals surface area (Å²) >= 11 is 0. The molecule has 22 heavy (non-hydrogen) atoms. The topological polar surface area (TPSA) is 75.6 Å². The van der Waals surface area contributed by atoms with Crippen molar-refractivity contribution in [2.45, 2.75) is 38.8 Å². The van der Waals surface area contributed by atoms with Crippen molar-refractivity contribution in [1.82, 2.24) is 5.32 Å². The van der Waals surface area contributed by atoms with Crippen LogP contribution in [-0.2, 0) is 16.1 Å². The molecular weight excluding hydrogens is 282 g/mol. The van der Waals surface area contributed by atoms with Gasteiger partial charge in [0.1, 0.15) is 12.1 Å². The van der Waals surface area contributed by atoms with E-state index in [1.165, 1.54) is 6.08 Å². The quantitative estimate of drug-likeness (QED) is 0.722. The largest absolute Gasteiger partial charge is 0.479 e. The van der Waals surface area contributed by atoms with Crippen LogP contribution < -0.4 is 5.32 Å². The number of alkyl carbamates (subject to hydrolysis) is 1. The second kappa shape index (κ2) is 8.22. The molecule has 0 bridgehead atoms. The van der Waals surface area contributed by atoms with E-state index in [4.69, 9.17) is 4.74 Å². The summed E-state index contributed by atoms with van der Waals surface area (Å²) in [5.74, 6) is -1.34. The Kier molecular flexibility index (Phi) is 6.63. The Morgan fingerprint density at radius 1 is 1.41 bits per heavy atom. The number of hydrogen-bond donors (Lipinski definition) is 2. The first kappa shape index (κ1) is 17.8. The summed E-state index contributed by atoms with van der Waals surface area (Å²) in [5, 5.41) is 12.1. The van der Waals surface area contributed by atoms with E-state index in [1.54, 1.807) is 6.92 Å². The normalized spacial score (nSPS) is 14.5. The van der Waals surface area contributed by atoms with Crippen molar-refractivity contribution in [3.63, 3.8) is 0 Å². The molecule has 5 nitrogen and oxygen atoms in total. The molecule has 1 amide bonds. The molecule has 1 aromatic carbocycles. The molecule has 0 unspecified atom stereocenters. The third-order valence-electron chi connectivity index (χ3n) is 3.84. The highest BCUT2D eigenvalue weighted by Crippen LogP contribution is 2.25. The van der Waals surface area contributed by atoms with Crippen LogP contribution >= 0.6 is 0 Å². The van der Waals surface area contributed by atoms with Gasteiger partial charge >= 0.3 is 12.1 Å². The van der Waals surface area contributed by atoms with E-state index in [9.17, 15) is 14.7 Å². The van der Waals surface area contributed by atoms with Gasteiger partial charge in [0.15, 0.2) is 0 Å². The first-order valence-electron chi connectivity index (χ1n) is 7.29. The summed E-state index contributed by atoms with van der Waals surface area (Å²) in [6.45, 7) is 7.35. The van der Waals surface area contributed by atoms with Gasteiger partial charge in [-0.05, 0) is 17.9 Å². The number of carboxylic acids is 1. The summed E-state index contributed by atoms with van der Waals surface area (Å²) in [4.78, 5) is 23.7. The van der Waals surface area contributed by atoms with Crippen LogP contribution in [0.1, 0.15) is 32.3 Å². The zero-order valence-corrected chi connectivity index (χ0v) is 13.0. The number of amides is 1. The number of hydrogen-bond acceptors (Lipinski definition) is 3. The number of carboxylic acid groups (broad SMARTS) is 1. The van der Waals surface area contributed by atoms with E-state index >= 15 is 0 Å². The highest BCUT2D eigenvalue weighted by atomic mass is 16.5. The number of nitrogens with one attached hydrogen (secondary N) is 1. The van der Waals surface area contributed by atoms with Crippen LogP contribution in [0, 0.1) is 5.92 Å². The van der Waals surface area contributed by atoms with Crippen molar-refractivity contribution in [2.24, 2.45) is 5.92 Å². The number of rotatable bonds is 8. The smallest absolute Gasteiger partial charge is 0.408 e. The van der Waals surface area contributed by atoms with Crippen molar-refractivity contribution >= 4 is 12.1 Å². The number of benzene rings is 1. The molecular formula is C17H23NO4. The van der Waals surface area contributed by atoms with Gasteiger partial charge in [-0.15, -0.1) is 6.58 Å². The average molecular weight is 305 g/mol. The first-order chi connectivity index (χ1) is 10.5. The summed E-state index contributed by atoms with van der Waals surface area (Å²) in [6, 6.07) is 9.21. The van der Waals surface area contributed by atoms with Crippen molar-refractivity contribution in [3.8, 4) is 0 Å². The van der Waals surface area contributed by atoms with Crippen LogP contribution in [0.25, 0.3) is 0 Å². The fourth-order valence-corrected chi connectivity index (χ4v) is 2.24. The number of carbonyl (C=O) groups is 2. The Balaban J connectivity index is 2.78. The molecule has 2 N–H and O–H groups in total. The van der Waals surface area contributed by atoms with Crippen LogP contribution in [0.2, 0.25) is 0 Å². The molecule has 120 valence electrons. The average Bonchev–Trinajstić information content (AvgIpc) is 2.52. The second-order valence-electron chi connectivity index (χ2n) is 5.27. The standard InChI is InChI=1S/C17H23NO4/c1-4-11-17(15(19)20,13(3)5-2)18-16(21)22-12-14-9-7-6-8-10-14/h4,6-10,13H,1,5,11-12H2,2-3H3,(H,18,21)(H,19,20)/t13-,17-/m0/s1. The van der Waals surface area contributed by atoms with E-state index in [-0.39, 0.29) is 18.9 Å². The first-order valence-corrected chi connectivity index (χ1v) is 7.29. The van der Waals surface area contributed by atoms with Crippen LogP contribution in [0.4, 0.5) is 4.79 Å². The fourth-order valence-electron chi connectivity index (χ4n) is 2.24. The molecule has 0 saturated carbocycles. The van der Waals surface area contributed by atoms with Gasteiger partial charge in [-0.1, -0.05) is 56.7 Å². The minimum absolute atomic E-state index is 0.0942. The van der Waals surface area contributed by atoms with E-state index < -0.39 is 17.6 Å². The van der Waals surface area contributed by atoms with Crippen LogP contribution in [0.15, 0.2) is 43.0 Å². The highest BCUT2D eigenvalue weighted by Gasteiger charge is 2.43. The van der Waals surface area contributed by atoms with Gasteiger partial charge in [-0.25, -0.2) is 9.59 Å². The fraction of sp³-hybridized carbons (Fsp3) is 0.412. The molecule has 1 rings (SSSR count). The van der Waals surface area contributed by atoms with E-state index in [2.05, 4.69) is 11.9 Å². The van der Waals surface area contributed by atoms with Gasteiger partial charge in [0, 0.05) is 0 Å². The summed E-state index contributed by atoms with van der Waals surface area (Å²) in [6.07, 6.45) is 1.50. The van der Waals surface area contributed by atoms with E-state index in [1.807, 2.05) is 37.3 Å². The Labute approximate surface area is 131 Å².